The van der Waals surface area contributed by atoms with Crippen molar-refractivity contribution in [1.82, 2.24) is 4.98 Å². The van der Waals surface area contributed by atoms with Gasteiger partial charge in [0.25, 0.3) is 5.91 Å². The molecule has 1 heterocycles. The summed E-state index contributed by atoms with van der Waals surface area (Å²) in [6, 6.07) is 7.47. The Labute approximate surface area is 125 Å². The summed E-state index contributed by atoms with van der Waals surface area (Å²) in [7, 11) is 0. The highest BCUT2D eigenvalue weighted by Crippen LogP contribution is 2.18. The molecule has 2 rings (SSSR count). The molecule has 0 radical (unpaired) electrons. The molecule has 108 valence electrons. The third kappa shape index (κ3) is 4.00. The molecule has 2 aromatic rings. The molecule has 1 aromatic carbocycles. The SMILES string of the molecule is CC(=O)Nc1ccc(NC(=O)c2cc(F)cnc2Cl)cc1. The van der Waals surface area contributed by atoms with Gasteiger partial charge in [0.05, 0.1) is 11.8 Å². The molecule has 5 nitrogen and oxygen atoms in total. The highest BCUT2D eigenvalue weighted by molar-refractivity contribution is 6.33. The zero-order valence-electron chi connectivity index (χ0n) is 11.0. The lowest BCUT2D eigenvalue weighted by Crippen LogP contribution is -2.13. The molecule has 0 aliphatic carbocycles. The number of rotatable bonds is 3. The Bertz CT molecular complexity index is 689. The Balaban J connectivity index is 2.12. The van der Waals surface area contributed by atoms with Crippen LogP contribution in [0.15, 0.2) is 36.5 Å². The number of pyridine rings is 1. The van der Waals surface area contributed by atoms with Gasteiger partial charge in [-0.25, -0.2) is 9.37 Å². The minimum atomic E-state index is -0.648. The first-order valence-electron chi connectivity index (χ1n) is 5.96. The molecule has 1 aromatic heterocycles. The number of nitrogens with one attached hydrogen (secondary N) is 2. The van der Waals surface area contributed by atoms with Gasteiger partial charge in [-0.15, -0.1) is 0 Å². The van der Waals surface area contributed by atoms with Gasteiger partial charge in [0.1, 0.15) is 11.0 Å². The molecule has 2 N–H and O–H groups in total. The van der Waals surface area contributed by atoms with Crippen molar-refractivity contribution in [2.45, 2.75) is 6.92 Å². The second kappa shape index (κ2) is 6.32. The normalized spacial score (nSPS) is 10.0. The number of amides is 2. The molecule has 0 unspecified atom stereocenters. The van der Waals surface area contributed by atoms with Crippen LogP contribution in [0, 0.1) is 5.82 Å². The van der Waals surface area contributed by atoms with Crippen LogP contribution in [0.3, 0.4) is 0 Å². The molecule has 21 heavy (non-hydrogen) atoms. The fourth-order valence-corrected chi connectivity index (χ4v) is 1.81. The van der Waals surface area contributed by atoms with Crippen LogP contribution in [0.2, 0.25) is 5.15 Å². The molecule has 0 fully saturated rings. The van der Waals surface area contributed by atoms with Gasteiger partial charge in [0.15, 0.2) is 0 Å². The van der Waals surface area contributed by atoms with E-state index in [1.807, 2.05) is 0 Å². The van der Waals surface area contributed by atoms with Gasteiger partial charge in [-0.2, -0.15) is 0 Å². The lowest BCUT2D eigenvalue weighted by Gasteiger charge is -2.07. The molecule has 7 heteroatoms. The van der Waals surface area contributed by atoms with E-state index < -0.39 is 11.7 Å². The van der Waals surface area contributed by atoms with Crippen molar-refractivity contribution in [1.29, 1.82) is 0 Å². The van der Waals surface area contributed by atoms with E-state index in [2.05, 4.69) is 15.6 Å². The Morgan fingerprint density at radius 2 is 1.71 bits per heavy atom. The lowest BCUT2D eigenvalue weighted by atomic mass is 10.2. The molecule has 0 spiro atoms. The average molecular weight is 308 g/mol. The predicted molar refractivity (Wildman–Crippen MR) is 77.9 cm³/mol. The number of aromatic nitrogens is 1. The number of hydrogen-bond donors (Lipinski definition) is 2. The van der Waals surface area contributed by atoms with Gasteiger partial charge >= 0.3 is 0 Å². The highest BCUT2D eigenvalue weighted by Gasteiger charge is 2.13. The van der Waals surface area contributed by atoms with Crippen LogP contribution in [-0.2, 0) is 4.79 Å². The van der Waals surface area contributed by atoms with E-state index in [9.17, 15) is 14.0 Å². The summed E-state index contributed by atoms with van der Waals surface area (Å²) in [6.07, 6.45) is 0.932. The quantitative estimate of drug-likeness (QED) is 0.856. The fourth-order valence-electron chi connectivity index (χ4n) is 1.62. The molecule has 0 aliphatic rings. The van der Waals surface area contributed by atoms with Crippen molar-refractivity contribution in [2.24, 2.45) is 0 Å². The van der Waals surface area contributed by atoms with E-state index in [0.29, 0.717) is 11.4 Å². The standard InChI is InChI=1S/C14H11ClFN3O2/c1-8(20)18-10-2-4-11(5-3-10)19-14(21)12-6-9(16)7-17-13(12)15/h2-7H,1H3,(H,18,20)(H,19,21). The van der Waals surface area contributed by atoms with E-state index in [-0.39, 0.29) is 16.6 Å². The maximum Gasteiger partial charge on any atom is 0.258 e. The van der Waals surface area contributed by atoms with Gasteiger partial charge in [-0.05, 0) is 30.3 Å². The van der Waals surface area contributed by atoms with Crippen molar-refractivity contribution >= 4 is 34.8 Å². The number of anilines is 2. The third-order valence-electron chi connectivity index (χ3n) is 2.51. The Hall–Kier alpha value is -2.47. The summed E-state index contributed by atoms with van der Waals surface area (Å²) >= 11 is 5.75. The van der Waals surface area contributed by atoms with Gasteiger partial charge in [0, 0.05) is 18.3 Å². The van der Waals surface area contributed by atoms with Gasteiger partial charge in [0.2, 0.25) is 5.91 Å². The zero-order valence-corrected chi connectivity index (χ0v) is 11.7. The fraction of sp³-hybridized carbons (Fsp3) is 0.0714. The highest BCUT2D eigenvalue weighted by atomic mass is 35.5. The van der Waals surface area contributed by atoms with Crippen LogP contribution in [-0.4, -0.2) is 16.8 Å². The molecule has 0 atom stereocenters. The molecule has 0 saturated carbocycles. The van der Waals surface area contributed by atoms with Gasteiger partial charge in [-0.1, -0.05) is 11.6 Å². The molecule has 0 aliphatic heterocycles. The second-order valence-electron chi connectivity index (χ2n) is 4.20. The third-order valence-corrected chi connectivity index (χ3v) is 2.81. The van der Waals surface area contributed by atoms with Crippen LogP contribution in [0.4, 0.5) is 15.8 Å². The minimum absolute atomic E-state index is 0.0531. The summed E-state index contributed by atoms with van der Waals surface area (Å²) in [6.45, 7) is 1.40. The summed E-state index contributed by atoms with van der Waals surface area (Å²) in [5, 5.41) is 5.09. The summed E-state index contributed by atoms with van der Waals surface area (Å²) in [4.78, 5) is 26.4. The zero-order chi connectivity index (χ0) is 15.4. The first-order chi connectivity index (χ1) is 9.95. The van der Waals surface area contributed by atoms with Crippen LogP contribution in [0.1, 0.15) is 17.3 Å². The summed E-state index contributed by atoms with van der Waals surface area (Å²) in [5.74, 6) is -1.41. The minimum Gasteiger partial charge on any atom is -0.326 e. The largest absolute Gasteiger partial charge is 0.326 e. The Morgan fingerprint density at radius 1 is 1.14 bits per heavy atom. The van der Waals surface area contributed by atoms with Crippen LogP contribution in [0.25, 0.3) is 0 Å². The van der Waals surface area contributed by atoms with E-state index in [0.717, 1.165) is 12.3 Å². The van der Waals surface area contributed by atoms with Crippen molar-refractivity contribution < 1.29 is 14.0 Å². The van der Waals surface area contributed by atoms with E-state index in [1.54, 1.807) is 24.3 Å². The number of carbonyl (C=O) groups is 2. The van der Waals surface area contributed by atoms with Crippen molar-refractivity contribution in [3.05, 3.63) is 53.1 Å². The monoisotopic (exact) mass is 307 g/mol. The first-order valence-corrected chi connectivity index (χ1v) is 6.33. The Kier molecular flexibility index (Phi) is 4.49. The van der Waals surface area contributed by atoms with E-state index in [4.69, 9.17) is 11.6 Å². The second-order valence-corrected chi connectivity index (χ2v) is 4.56. The predicted octanol–water partition coefficient (Wildman–Crippen LogP) is 3.08. The molecule has 0 saturated heterocycles. The van der Waals surface area contributed by atoms with Crippen LogP contribution in [0.5, 0.6) is 0 Å². The van der Waals surface area contributed by atoms with Crippen LogP contribution < -0.4 is 10.6 Å². The summed E-state index contributed by atoms with van der Waals surface area (Å²) < 4.78 is 13.1. The maximum absolute atomic E-state index is 13.1. The molecule has 0 bridgehead atoms. The number of nitrogens with zero attached hydrogens (tertiary/aromatic N) is 1. The summed E-state index contributed by atoms with van der Waals surface area (Å²) in [5.41, 5.74) is 1.03. The lowest BCUT2D eigenvalue weighted by molar-refractivity contribution is -0.114. The Morgan fingerprint density at radius 3 is 2.29 bits per heavy atom. The topological polar surface area (TPSA) is 71.1 Å². The van der Waals surface area contributed by atoms with E-state index in [1.165, 1.54) is 6.92 Å². The first kappa shape index (κ1) is 14.9. The number of halogens is 2. The van der Waals surface area contributed by atoms with Gasteiger partial charge in [-0.3, -0.25) is 9.59 Å². The van der Waals surface area contributed by atoms with Crippen molar-refractivity contribution in [2.75, 3.05) is 10.6 Å². The number of carbonyl (C=O) groups excluding carboxylic acids is 2. The van der Waals surface area contributed by atoms with Crippen molar-refractivity contribution in [3.8, 4) is 0 Å². The van der Waals surface area contributed by atoms with Crippen LogP contribution >= 0.6 is 11.6 Å². The van der Waals surface area contributed by atoms with Crippen molar-refractivity contribution in [3.63, 3.8) is 0 Å². The maximum atomic E-state index is 13.1. The number of hydrogen-bond acceptors (Lipinski definition) is 3. The number of benzene rings is 1. The average Bonchev–Trinajstić information content (AvgIpc) is 2.43. The molecular weight excluding hydrogens is 297 g/mol. The smallest absolute Gasteiger partial charge is 0.258 e. The molecular formula is C14H11ClFN3O2. The molecule has 2 amide bonds. The van der Waals surface area contributed by atoms with Gasteiger partial charge < -0.3 is 10.6 Å². The van der Waals surface area contributed by atoms with E-state index >= 15 is 0 Å².